The Hall–Kier alpha value is -0.570. The Morgan fingerprint density at radius 2 is 2.50 bits per heavy atom. The van der Waals surface area contributed by atoms with Crippen LogP contribution in [0.1, 0.15) is 19.3 Å². The van der Waals surface area contributed by atoms with Gasteiger partial charge in [0.15, 0.2) is 0 Å². The lowest BCUT2D eigenvalue weighted by atomic mass is 10.2. The van der Waals surface area contributed by atoms with E-state index in [9.17, 15) is 0 Å². The van der Waals surface area contributed by atoms with Crippen LogP contribution in [0.4, 0.5) is 0 Å². The maximum Gasteiger partial charge on any atom is 0.128 e. The topological polar surface area (TPSA) is 33.6 Å². The van der Waals surface area contributed by atoms with Gasteiger partial charge in [-0.2, -0.15) is 0 Å². The summed E-state index contributed by atoms with van der Waals surface area (Å²) in [5.74, 6) is 0. The summed E-state index contributed by atoms with van der Waals surface area (Å²) in [7, 11) is 1.75. The molecule has 1 fully saturated rings. The van der Waals surface area contributed by atoms with E-state index in [0.29, 0.717) is 0 Å². The van der Waals surface area contributed by atoms with Crippen LogP contribution in [0.25, 0.3) is 0 Å². The second-order valence-electron chi connectivity index (χ2n) is 2.41. The fourth-order valence-corrected chi connectivity index (χ4v) is 1.03. The van der Waals surface area contributed by atoms with Crippen LogP contribution in [0.5, 0.6) is 0 Å². The van der Waals surface area contributed by atoms with E-state index in [0.717, 1.165) is 13.0 Å². The summed E-state index contributed by atoms with van der Waals surface area (Å²) in [6.45, 7) is 0.884. The van der Waals surface area contributed by atoms with Crippen molar-refractivity contribution in [1.82, 2.24) is 5.32 Å². The lowest BCUT2D eigenvalue weighted by Crippen LogP contribution is -2.33. The third-order valence-corrected chi connectivity index (χ3v) is 1.57. The SMILES string of the molecule is CN=CNC1CCCCO1. The molecule has 1 heterocycles. The Bertz CT molecular complexity index is 108. The summed E-state index contributed by atoms with van der Waals surface area (Å²) >= 11 is 0. The van der Waals surface area contributed by atoms with Crippen LogP contribution in [0.3, 0.4) is 0 Å². The number of nitrogens with zero attached hydrogens (tertiary/aromatic N) is 1. The fourth-order valence-electron chi connectivity index (χ4n) is 1.03. The molecule has 3 heteroatoms. The minimum atomic E-state index is 0.206. The van der Waals surface area contributed by atoms with Crippen LogP contribution in [-0.2, 0) is 4.74 Å². The Balaban J connectivity index is 2.13. The summed E-state index contributed by atoms with van der Waals surface area (Å²) in [6, 6.07) is 0. The molecule has 1 saturated heterocycles. The van der Waals surface area contributed by atoms with Gasteiger partial charge in [-0.3, -0.25) is 4.99 Å². The van der Waals surface area contributed by atoms with Crippen molar-refractivity contribution in [2.75, 3.05) is 13.7 Å². The molecular formula is C7H14N2O. The average molecular weight is 142 g/mol. The van der Waals surface area contributed by atoms with E-state index >= 15 is 0 Å². The van der Waals surface area contributed by atoms with E-state index < -0.39 is 0 Å². The molecule has 0 amide bonds. The molecule has 1 atom stereocenters. The number of hydrogen-bond acceptors (Lipinski definition) is 2. The number of nitrogens with one attached hydrogen (secondary N) is 1. The van der Waals surface area contributed by atoms with Crippen molar-refractivity contribution in [1.29, 1.82) is 0 Å². The van der Waals surface area contributed by atoms with Crippen molar-refractivity contribution in [3.05, 3.63) is 0 Å². The third-order valence-electron chi connectivity index (χ3n) is 1.57. The lowest BCUT2D eigenvalue weighted by molar-refractivity contribution is 0.00793. The first-order valence-electron chi connectivity index (χ1n) is 3.72. The second-order valence-corrected chi connectivity index (χ2v) is 2.41. The van der Waals surface area contributed by atoms with Crippen LogP contribution in [0, 0.1) is 0 Å². The highest BCUT2D eigenvalue weighted by Crippen LogP contribution is 2.09. The third kappa shape index (κ3) is 2.35. The number of aliphatic imine (C=N–C) groups is 1. The normalized spacial score (nSPS) is 27.1. The van der Waals surface area contributed by atoms with Crippen LogP contribution in [-0.4, -0.2) is 26.2 Å². The van der Waals surface area contributed by atoms with Gasteiger partial charge < -0.3 is 10.1 Å². The number of hydrogen-bond donors (Lipinski definition) is 1. The molecule has 1 aliphatic rings. The van der Waals surface area contributed by atoms with Gasteiger partial charge in [0.1, 0.15) is 6.23 Å². The predicted molar refractivity (Wildman–Crippen MR) is 41.1 cm³/mol. The van der Waals surface area contributed by atoms with Crippen molar-refractivity contribution in [3.63, 3.8) is 0 Å². The molecule has 0 aromatic carbocycles. The van der Waals surface area contributed by atoms with E-state index in [2.05, 4.69) is 10.3 Å². The van der Waals surface area contributed by atoms with Crippen molar-refractivity contribution >= 4 is 6.34 Å². The largest absolute Gasteiger partial charge is 0.359 e. The van der Waals surface area contributed by atoms with Gasteiger partial charge in [0, 0.05) is 13.7 Å². The molecule has 0 saturated carbocycles. The predicted octanol–water partition coefficient (Wildman–Crippen LogP) is 0.761. The van der Waals surface area contributed by atoms with Gasteiger partial charge in [0.05, 0.1) is 6.34 Å². The van der Waals surface area contributed by atoms with Crippen molar-refractivity contribution in [2.24, 2.45) is 4.99 Å². The zero-order chi connectivity index (χ0) is 7.23. The summed E-state index contributed by atoms with van der Waals surface area (Å²) in [5.41, 5.74) is 0. The minimum absolute atomic E-state index is 0.206. The van der Waals surface area contributed by atoms with Crippen LogP contribution in [0.15, 0.2) is 4.99 Å². The number of ether oxygens (including phenoxy) is 1. The first kappa shape index (κ1) is 7.54. The van der Waals surface area contributed by atoms with Gasteiger partial charge in [-0.15, -0.1) is 0 Å². The molecule has 1 aliphatic heterocycles. The Labute approximate surface area is 61.5 Å². The van der Waals surface area contributed by atoms with Gasteiger partial charge in [-0.25, -0.2) is 0 Å². The zero-order valence-electron chi connectivity index (χ0n) is 6.34. The molecule has 1 rings (SSSR count). The monoisotopic (exact) mass is 142 g/mol. The lowest BCUT2D eigenvalue weighted by Gasteiger charge is -2.21. The fraction of sp³-hybridized carbons (Fsp3) is 0.857. The smallest absolute Gasteiger partial charge is 0.128 e. The highest BCUT2D eigenvalue weighted by Gasteiger charge is 2.10. The molecule has 0 aliphatic carbocycles. The maximum atomic E-state index is 5.38. The molecule has 0 aromatic rings. The summed E-state index contributed by atoms with van der Waals surface area (Å²) in [5, 5.41) is 3.06. The standard InChI is InChI=1S/C7H14N2O/c1-8-6-9-7-4-2-3-5-10-7/h6-7H,2-5H2,1H3,(H,8,9). The first-order valence-corrected chi connectivity index (χ1v) is 3.72. The second kappa shape index (κ2) is 4.28. The van der Waals surface area contributed by atoms with Gasteiger partial charge in [0.2, 0.25) is 0 Å². The van der Waals surface area contributed by atoms with E-state index in [1.165, 1.54) is 12.8 Å². The van der Waals surface area contributed by atoms with E-state index in [4.69, 9.17) is 4.74 Å². The molecule has 0 bridgehead atoms. The quantitative estimate of drug-likeness (QED) is 0.456. The highest BCUT2D eigenvalue weighted by molar-refractivity contribution is 5.54. The zero-order valence-corrected chi connectivity index (χ0v) is 6.34. The van der Waals surface area contributed by atoms with Crippen molar-refractivity contribution < 1.29 is 4.74 Å². The molecule has 10 heavy (non-hydrogen) atoms. The molecule has 0 spiro atoms. The number of rotatable bonds is 2. The summed E-state index contributed by atoms with van der Waals surface area (Å²) < 4.78 is 5.38. The Morgan fingerprint density at radius 1 is 1.60 bits per heavy atom. The molecular weight excluding hydrogens is 128 g/mol. The maximum absolute atomic E-state index is 5.38. The molecule has 0 radical (unpaired) electrons. The van der Waals surface area contributed by atoms with Crippen molar-refractivity contribution in [2.45, 2.75) is 25.5 Å². The van der Waals surface area contributed by atoms with E-state index in [-0.39, 0.29) is 6.23 Å². The molecule has 1 N–H and O–H groups in total. The van der Waals surface area contributed by atoms with E-state index in [1.807, 2.05) is 0 Å². The van der Waals surface area contributed by atoms with Crippen molar-refractivity contribution in [3.8, 4) is 0 Å². The van der Waals surface area contributed by atoms with Gasteiger partial charge >= 0.3 is 0 Å². The Kier molecular flexibility index (Phi) is 3.22. The van der Waals surface area contributed by atoms with Crippen LogP contribution >= 0.6 is 0 Å². The Morgan fingerprint density at radius 3 is 3.10 bits per heavy atom. The molecule has 1 unspecified atom stereocenters. The molecule has 0 aromatic heterocycles. The molecule has 3 nitrogen and oxygen atoms in total. The molecule has 58 valence electrons. The first-order chi connectivity index (χ1) is 4.93. The van der Waals surface area contributed by atoms with Gasteiger partial charge in [-0.1, -0.05) is 0 Å². The summed E-state index contributed by atoms with van der Waals surface area (Å²) in [6.07, 6.45) is 5.45. The summed E-state index contributed by atoms with van der Waals surface area (Å²) in [4.78, 5) is 3.81. The minimum Gasteiger partial charge on any atom is -0.359 e. The average Bonchev–Trinajstić information content (AvgIpc) is 2.03. The van der Waals surface area contributed by atoms with Crippen LogP contribution < -0.4 is 5.32 Å². The van der Waals surface area contributed by atoms with Crippen LogP contribution in [0.2, 0.25) is 0 Å². The van der Waals surface area contributed by atoms with Gasteiger partial charge in [0.25, 0.3) is 0 Å². The highest BCUT2D eigenvalue weighted by atomic mass is 16.5. The van der Waals surface area contributed by atoms with Gasteiger partial charge in [-0.05, 0) is 19.3 Å². The van der Waals surface area contributed by atoms with E-state index in [1.54, 1.807) is 13.4 Å².